The van der Waals surface area contributed by atoms with E-state index in [1.165, 1.54) is 5.57 Å². The van der Waals surface area contributed by atoms with Gasteiger partial charge in [0.2, 0.25) is 0 Å². The quantitative estimate of drug-likeness (QED) is 0.820. The molecule has 1 aromatic carbocycles. The minimum atomic E-state index is -0.887. The molecular weight excluding hydrogens is 214 g/mol. The van der Waals surface area contributed by atoms with Crippen LogP contribution in [-0.4, -0.2) is 15.6 Å². The molecule has 2 rings (SSSR count). The summed E-state index contributed by atoms with van der Waals surface area (Å²) in [5.74, 6) is -0.887. The van der Waals surface area contributed by atoms with Crippen LogP contribution < -0.4 is 0 Å². The van der Waals surface area contributed by atoms with Crippen molar-refractivity contribution in [1.29, 1.82) is 0 Å². The van der Waals surface area contributed by atoms with E-state index in [1.807, 2.05) is 32.2 Å². The van der Waals surface area contributed by atoms with Crippen LogP contribution in [-0.2, 0) is 6.54 Å². The summed E-state index contributed by atoms with van der Waals surface area (Å²) in [5, 5.41) is 10.0. The Balaban J connectivity index is 2.46. The molecule has 1 aromatic heterocycles. The lowest BCUT2D eigenvalue weighted by Gasteiger charge is -2.03. The first-order chi connectivity index (χ1) is 8.08. The lowest BCUT2D eigenvalue weighted by Crippen LogP contribution is -1.98. The third kappa shape index (κ3) is 2.38. The number of allylic oxidation sites excluding steroid dienone is 2. The third-order valence-corrected chi connectivity index (χ3v) is 2.72. The topological polar surface area (TPSA) is 42.2 Å². The first-order valence-electron chi connectivity index (χ1n) is 5.53. The van der Waals surface area contributed by atoms with Crippen LogP contribution in [0, 0.1) is 0 Å². The van der Waals surface area contributed by atoms with Gasteiger partial charge in [0.15, 0.2) is 0 Å². The summed E-state index contributed by atoms with van der Waals surface area (Å²) in [6.45, 7) is 4.87. The van der Waals surface area contributed by atoms with Crippen molar-refractivity contribution >= 4 is 16.9 Å². The van der Waals surface area contributed by atoms with Gasteiger partial charge in [-0.15, -0.1) is 0 Å². The van der Waals surface area contributed by atoms with Gasteiger partial charge in [0, 0.05) is 18.3 Å². The zero-order valence-electron chi connectivity index (χ0n) is 9.97. The van der Waals surface area contributed by atoms with Crippen LogP contribution in [0.15, 0.2) is 42.1 Å². The molecule has 0 aliphatic rings. The maximum absolute atomic E-state index is 10.9. The number of nitrogens with zero attached hydrogens (tertiary/aromatic N) is 1. The van der Waals surface area contributed by atoms with Crippen molar-refractivity contribution < 1.29 is 9.90 Å². The summed E-state index contributed by atoms with van der Waals surface area (Å²) in [6, 6.07) is 7.20. The highest BCUT2D eigenvalue weighted by molar-refractivity contribution is 5.93. The molecule has 0 unspecified atom stereocenters. The number of hydrogen-bond acceptors (Lipinski definition) is 1. The van der Waals surface area contributed by atoms with Crippen LogP contribution in [0.5, 0.6) is 0 Å². The zero-order valence-corrected chi connectivity index (χ0v) is 9.97. The predicted molar refractivity (Wildman–Crippen MR) is 68.3 cm³/mol. The van der Waals surface area contributed by atoms with Gasteiger partial charge >= 0.3 is 5.97 Å². The van der Waals surface area contributed by atoms with Gasteiger partial charge in [-0.2, -0.15) is 0 Å². The van der Waals surface area contributed by atoms with Crippen molar-refractivity contribution in [3.05, 3.63) is 47.7 Å². The molecule has 3 nitrogen and oxygen atoms in total. The van der Waals surface area contributed by atoms with Crippen LogP contribution >= 0.6 is 0 Å². The maximum Gasteiger partial charge on any atom is 0.335 e. The van der Waals surface area contributed by atoms with E-state index in [0.29, 0.717) is 5.56 Å². The number of aromatic carboxylic acids is 1. The molecule has 0 radical (unpaired) electrons. The van der Waals surface area contributed by atoms with Crippen LogP contribution in [0.2, 0.25) is 0 Å². The summed E-state index contributed by atoms with van der Waals surface area (Å²) < 4.78 is 2.05. The molecule has 1 N–H and O–H groups in total. The lowest BCUT2D eigenvalue weighted by molar-refractivity contribution is 0.0697. The molecule has 0 amide bonds. The van der Waals surface area contributed by atoms with Gasteiger partial charge in [0.25, 0.3) is 0 Å². The highest BCUT2D eigenvalue weighted by Crippen LogP contribution is 2.18. The smallest absolute Gasteiger partial charge is 0.335 e. The monoisotopic (exact) mass is 229 g/mol. The molecule has 0 saturated heterocycles. The van der Waals surface area contributed by atoms with Crippen molar-refractivity contribution in [2.45, 2.75) is 20.4 Å². The minimum absolute atomic E-state index is 0.328. The van der Waals surface area contributed by atoms with Gasteiger partial charge in [0.1, 0.15) is 0 Å². The number of hydrogen-bond donors (Lipinski definition) is 1. The first-order valence-corrected chi connectivity index (χ1v) is 5.53. The standard InChI is InChI=1S/C14H15NO2/c1-10(2)5-7-15-8-6-11-3-4-12(14(16)17)9-13(11)15/h3-6,8-9H,7H2,1-2H3,(H,16,17). The van der Waals surface area contributed by atoms with Crippen molar-refractivity contribution in [2.75, 3.05) is 0 Å². The molecular formula is C14H15NO2. The molecule has 0 aliphatic carbocycles. The number of carboxylic acid groups (broad SMARTS) is 1. The van der Waals surface area contributed by atoms with E-state index in [4.69, 9.17) is 5.11 Å². The largest absolute Gasteiger partial charge is 0.478 e. The Bertz CT molecular complexity index is 589. The Morgan fingerprint density at radius 3 is 2.76 bits per heavy atom. The predicted octanol–water partition coefficient (Wildman–Crippen LogP) is 3.31. The number of rotatable bonds is 3. The van der Waals surface area contributed by atoms with Gasteiger partial charge in [-0.05, 0) is 37.4 Å². The van der Waals surface area contributed by atoms with Crippen LogP contribution in [0.1, 0.15) is 24.2 Å². The highest BCUT2D eigenvalue weighted by atomic mass is 16.4. The van der Waals surface area contributed by atoms with Crippen molar-refractivity contribution in [1.82, 2.24) is 4.57 Å². The number of carboxylic acids is 1. The molecule has 88 valence electrons. The molecule has 1 heterocycles. The minimum Gasteiger partial charge on any atom is -0.478 e. The number of aromatic nitrogens is 1. The summed E-state index contributed by atoms with van der Waals surface area (Å²) in [7, 11) is 0. The lowest BCUT2D eigenvalue weighted by atomic mass is 10.1. The average molecular weight is 229 g/mol. The van der Waals surface area contributed by atoms with Crippen LogP contribution in [0.25, 0.3) is 10.9 Å². The SMILES string of the molecule is CC(C)=CCn1ccc2ccc(C(=O)O)cc21. The van der Waals surface area contributed by atoms with Crippen LogP contribution in [0.3, 0.4) is 0 Å². The molecule has 2 aromatic rings. The zero-order chi connectivity index (χ0) is 12.4. The average Bonchev–Trinajstić information content (AvgIpc) is 2.68. The van der Waals surface area contributed by atoms with E-state index in [9.17, 15) is 4.79 Å². The number of fused-ring (bicyclic) bond motifs is 1. The number of benzene rings is 1. The van der Waals surface area contributed by atoms with E-state index >= 15 is 0 Å². The Hall–Kier alpha value is -2.03. The van der Waals surface area contributed by atoms with Gasteiger partial charge in [-0.3, -0.25) is 0 Å². The van der Waals surface area contributed by atoms with E-state index < -0.39 is 5.97 Å². The Morgan fingerprint density at radius 2 is 2.12 bits per heavy atom. The summed E-state index contributed by atoms with van der Waals surface area (Å²) in [5.41, 5.74) is 2.54. The molecule has 3 heteroatoms. The molecule has 0 spiro atoms. The van der Waals surface area contributed by atoms with Crippen molar-refractivity contribution in [2.24, 2.45) is 0 Å². The van der Waals surface area contributed by atoms with E-state index in [0.717, 1.165) is 17.4 Å². The van der Waals surface area contributed by atoms with Crippen LogP contribution in [0.4, 0.5) is 0 Å². The van der Waals surface area contributed by atoms with Crippen molar-refractivity contribution in [3.63, 3.8) is 0 Å². The molecule has 0 atom stereocenters. The Kier molecular flexibility index (Phi) is 3.00. The fourth-order valence-electron chi connectivity index (χ4n) is 1.76. The van der Waals surface area contributed by atoms with E-state index in [1.54, 1.807) is 12.1 Å². The molecule has 0 bridgehead atoms. The fraction of sp³-hybridized carbons (Fsp3) is 0.214. The summed E-state index contributed by atoms with van der Waals surface area (Å²) in [4.78, 5) is 10.9. The molecule has 0 aliphatic heterocycles. The summed E-state index contributed by atoms with van der Waals surface area (Å²) >= 11 is 0. The second kappa shape index (κ2) is 4.45. The highest BCUT2D eigenvalue weighted by Gasteiger charge is 2.06. The molecule has 17 heavy (non-hydrogen) atoms. The van der Waals surface area contributed by atoms with Gasteiger partial charge in [0.05, 0.1) is 5.56 Å². The number of carbonyl (C=O) groups is 1. The summed E-state index contributed by atoms with van der Waals surface area (Å²) in [6.07, 6.45) is 4.10. The van der Waals surface area contributed by atoms with Gasteiger partial charge in [-0.25, -0.2) is 4.79 Å². The van der Waals surface area contributed by atoms with Gasteiger partial charge in [-0.1, -0.05) is 17.7 Å². The Labute approximate surface area is 100.0 Å². The second-order valence-corrected chi connectivity index (χ2v) is 4.33. The second-order valence-electron chi connectivity index (χ2n) is 4.33. The molecule has 0 fully saturated rings. The Morgan fingerprint density at radius 1 is 1.35 bits per heavy atom. The van der Waals surface area contributed by atoms with E-state index in [2.05, 4.69) is 10.6 Å². The van der Waals surface area contributed by atoms with E-state index in [-0.39, 0.29) is 0 Å². The third-order valence-electron chi connectivity index (χ3n) is 2.72. The van der Waals surface area contributed by atoms with Gasteiger partial charge < -0.3 is 9.67 Å². The molecule has 0 saturated carbocycles. The van der Waals surface area contributed by atoms with Crippen molar-refractivity contribution in [3.8, 4) is 0 Å². The fourth-order valence-corrected chi connectivity index (χ4v) is 1.76. The normalized spacial score (nSPS) is 10.5. The maximum atomic E-state index is 10.9. The first kappa shape index (κ1) is 11.5.